The van der Waals surface area contributed by atoms with Crippen molar-refractivity contribution in [1.29, 1.82) is 0 Å². The fourth-order valence-corrected chi connectivity index (χ4v) is 7.05. The monoisotopic (exact) mass is 747 g/mol. The summed E-state index contributed by atoms with van der Waals surface area (Å²) in [5.74, 6) is -0.568. The van der Waals surface area contributed by atoms with Gasteiger partial charge in [-0.05, 0) is 115 Å². The molecule has 1 fully saturated rings. The van der Waals surface area contributed by atoms with Crippen LogP contribution in [0.15, 0.2) is 83.8 Å². The number of carbonyl (C=O) groups is 3. The number of aromatic carboxylic acids is 1. The molecule has 1 saturated heterocycles. The molecule has 0 atom stereocenters. The number of benzene rings is 4. The third-order valence-corrected chi connectivity index (χ3v) is 8.49. The molecule has 0 unspecified atom stereocenters. The molecule has 4 aromatic carbocycles. The van der Waals surface area contributed by atoms with E-state index in [2.05, 4.69) is 45.2 Å². The Morgan fingerprint density at radius 3 is 2.34 bits per heavy atom. The van der Waals surface area contributed by atoms with Crippen LogP contribution in [0.25, 0.3) is 16.8 Å². The number of carboxylic acids is 1. The Morgan fingerprint density at radius 2 is 1.63 bits per heavy atom. The highest BCUT2D eigenvalue weighted by Crippen LogP contribution is 2.36. The van der Waals surface area contributed by atoms with E-state index in [1.165, 1.54) is 4.90 Å². The minimum absolute atomic E-state index is 0.221. The van der Waals surface area contributed by atoms with Gasteiger partial charge in [-0.2, -0.15) is 0 Å². The average Bonchev–Trinajstić information content (AvgIpc) is 3.16. The standard InChI is InChI=1S/C29H19I2NO5S/c30-23-12-18(13-24(31)26(23)37-16-17-8-10-20(11-9-17)28(34)35)14-25-27(33)32(29(36)38-25)15-21-6-3-5-19-4-1-2-7-22(19)21/h1-14H,15-16H2,(H,34,35)/b25-14+. The first-order valence-electron chi connectivity index (χ1n) is 11.5. The molecule has 0 spiro atoms. The van der Waals surface area contributed by atoms with Crippen LogP contribution in [-0.2, 0) is 17.9 Å². The second kappa shape index (κ2) is 11.5. The molecule has 0 aromatic heterocycles. The molecule has 1 heterocycles. The number of ether oxygens (including phenoxy) is 1. The molecule has 1 aliphatic rings. The largest absolute Gasteiger partial charge is 0.487 e. The van der Waals surface area contributed by atoms with E-state index in [1.807, 2.05) is 54.6 Å². The first-order chi connectivity index (χ1) is 18.3. The number of hydrogen-bond donors (Lipinski definition) is 1. The Kier molecular flexibility index (Phi) is 8.05. The van der Waals surface area contributed by atoms with Crippen LogP contribution in [0, 0.1) is 7.14 Å². The highest BCUT2D eigenvalue weighted by Gasteiger charge is 2.35. The van der Waals surface area contributed by atoms with Crippen LogP contribution >= 0.6 is 56.9 Å². The first-order valence-corrected chi connectivity index (χ1v) is 14.4. The number of rotatable bonds is 7. The lowest BCUT2D eigenvalue weighted by atomic mass is 10.0. The Hall–Kier alpha value is -2.90. The molecule has 6 nitrogen and oxygen atoms in total. The van der Waals surface area contributed by atoms with Crippen LogP contribution in [0.1, 0.15) is 27.0 Å². The number of nitrogens with zero attached hydrogens (tertiary/aromatic N) is 1. The Balaban J connectivity index is 1.31. The zero-order chi connectivity index (χ0) is 26.8. The summed E-state index contributed by atoms with van der Waals surface area (Å²) in [5, 5.41) is 10.9. The zero-order valence-corrected chi connectivity index (χ0v) is 24.8. The summed E-state index contributed by atoms with van der Waals surface area (Å²) in [7, 11) is 0. The van der Waals surface area contributed by atoms with Crippen LogP contribution in [0.3, 0.4) is 0 Å². The van der Waals surface area contributed by atoms with E-state index in [9.17, 15) is 14.4 Å². The number of imide groups is 1. The predicted molar refractivity (Wildman–Crippen MR) is 165 cm³/mol. The fraction of sp³-hybridized carbons (Fsp3) is 0.0690. The number of carboxylic acid groups (broad SMARTS) is 1. The molecule has 1 aliphatic heterocycles. The molecular formula is C29H19I2NO5S. The lowest BCUT2D eigenvalue weighted by Crippen LogP contribution is -2.27. The summed E-state index contributed by atoms with van der Waals surface area (Å²) in [6.45, 7) is 0.511. The number of fused-ring (bicyclic) bond motifs is 1. The highest BCUT2D eigenvalue weighted by molar-refractivity contribution is 14.1. The van der Waals surface area contributed by atoms with E-state index in [-0.39, 0.29) is 29.9 Å². The molecule has 4 aromatic rings. The van der Waals surface area contributed by atoms with Gasteiger partial charge in [0, 0.05) is 0 Å². The summed E-state index contributed by atoms with van der Waals surface area (Å²) in [4.78, 5) is 38.7. The van der Waals surface area contributed by atoms with Crippen LogP contribution in [0.4, 0.5) is 4.79 Å². The Bertz CT molecular complexity index is 1590. The second-order valence-electron chi connectivity index (χ2n) is 8.51. The van der Waals surface area contributed by atoms with Crippen LogP contribution in [-0.4, -0.2) is 27.1 Å². The minimum atomic E-state index is -0.969. The van der Waals surface area contributed by atoms with Gasteiger partial charge in [-0.25, -0.2) is 4.79 Å². The van der Waals surface area contributed by atoms with Crippen molar-refractivity contribution in [2.45, 2.75) is 13.2 Å². The molecule has 190 valence electrons. The number of hydrogen-bond acceptors (Lipinski definition) is 5. The molecule has 1 N–H and O–H groups in total. The van der Waals surface area contributed by atoms with Crippen molar-refractivity contribution >= 4 is 90.9 Å². The third-order valence-electron chi connectivity index (χ3n) is 5.98. The number of halogens is 2. The predicted octanol–water partition coefficient (Wildman–Crippen LogP) is 7.56. The second-order valence-corrected chi connectivity index (χ2v) is 11.8. The van der Waals surface area contributed by atoms with Gasteiger partial charge in [-0.1, -0.05) is 54.6 Å². The molecule has 0 radical (unpaired) electrons. The summed E-state index contributed by atoms with van der Waals surface area (Å²) in [5.41, 5.74) is 2.80. The molecular weight excluding hydrogens is 728 g/mol. The van der Waals surface area contributed by atoms with E-state index in [4.69, 9.17) is 9.84 Å². The normalized spacial score (nSPS) is 14.5. The quantitative estimate of drug-likeness (QED) is 0.155. The summed E-state index contributed by atoms with van der Waals surface area (Å²) < 4.78 is 7.74. The smallest absolute Gasteiger partial charge is 0.335 e. The van der Waals surface area contributed by atoms with Gasteiger partial charge in [0.25, 0.3) is 11.1 Å². The zero-order valence-electron chi connectivity index (χ0n) is 19.7. The molecule has 38 heavy (non-hydrogen) atoms. The van der Waals surface area contributed by atoms with E-state index in [0.29, 0.717) is 10.7 Å². The Morgan fingerprint density at radius 1 is 0.947 bits per heavy atom. The van der Waals surface area contributed by atoms with Gasteiger partial charge in [0.15, 0.2) is 0 Å². The van der Waals surface area contributed by atoms with Crippen LogP contribution < -0.4 is 4.74 Å². The third kappa shape index (κ3) is 5.74. The topological polar surface area (TPSA) is 83.9 Å². The van der Waals surface area contributed by atoms with Crippen molar-refractivity contribution in [3.8, 4) is 5.75 Å². The Labute approximate surface area is 250 Å². The summed E-state index contributed by atoms with van der Waals surface area (Å²) >= 11 is 5.32. The summed E-state index contributed by atoms with van der Waals surface area (Å²) in [6.07, 6.45) is 1.74. The molecule has 0 saturated carbocycles. The van der Waals surface area contributed by atoms with Crippen molar-refractivity contribution in [2.75, 3.05) is 0 Å². The van der Waals surface area contributed by atoms with E-state index in [0.717, 1.165) is 46.4 Å². The maximum Gasteiger partial charge on any atom is 0.335 e. The lowest BCUT2D eigenvalue weighted by Gasteiger charge is -2.14. The highest BCUT2D eigenvalue weighted by atomic mass is 127. The van der Waals surface area contributed by atoms with Gasteiger partial charge in [-0.3, -0.25) is 14.5 Å². The van der Waals surface area contributed by atoms with Gasteiger partial charge in [-0.15, -0.1) is 0 Å². The van der Waals surface area contributed by atoms with Crippen LogP contribution in [0.5, 0.6) is 5.75 Å². The molecule has 9 heteroatoms. The maximum atomic E-state index is 13.2. The maximum absolute atomic E-state index is 13.2. The molecule has 0 aliphatic carbocycles. The van der Waals surface area contributed by atoms with Crippen LogP contribution in [0.2, 0.25) is 0 Å². The lowest BCUT2D eigenvalue weighted by molar-refractivity contribution is -0.123. The molecule has 0 bridgehead atoms. The summed E-state index contributed by atoms with van der Waals surface area (Å²) in [6, 6.07) is 24.2. The first kappa shape index (κ1) is 26.7. The minimum Gasteiger partial charge on any atom is -0.487 e. The fourth-order valence-electron chi connectivity index (χ4n) is 4.09. The van der Waals surface area contributed by atoms with Gasteiger partial charge >= 0.3 is 5.97 Å². The molecule has 2 amide bonds. The van der Waals surface area contributed by atoms with Crippen molar-refractivity contribution in [2.24, 2.45) is 0 Å². The molecule has 5 rings (SSSR count). The van der Waals surface area contributed by atoms with Crippen molar-refractivity contribution in [3.63, 3.8) is 0 Å². The van der Waals surface area contributed by atoms with E-state index < -0.39 is 5.97 Å². The number of carbonyl (C=O) groups excluding carboxylic acids is 2. The van der Waals surface area contributed by atoms with Crippen molar-refractivity contribution < 1.29 is 24.2 Å². The average molecular weight is 747 g/mol. The van der Waals surface area contributed by atoms with Gasteiger partial charge in [0.05, 0.1) is 24.2 Å². The SMILES string of the molecule is O=C(O)c1ccc(COc2c(I)cc(/C=C3/SC(=O)N(Cc4cccc5ccccc45)C3=O)cc2I)cc1. The van der Waals surface area contributed by atoms with Gasteiger partial charge < -0.3 is 9.84 Å². The van der Waals surface area contributed by atoms with E-state index in [1.54, 1.807) is 30.3 Å². The van der Waals surface area contributed by atoms with Gasteiger partial charge in [0.2, 0.25) is 0 Å². The number of amides is 2. The number of thioether (sulfide) groups is 1. The van der Waals surface area contributed by atoms with Gasteiger partial charge in [0.1, 0.15) is 12.4 Å². The van der Waals surface area contributed by atoms with Crippen molar-refractivity contribution in [3.05, 3.63) is 113 Å². The van der Waals surface area contributed by atoms with E-state index >= 15 is 0 Å². The van der Waals surface area contributed by atoms with Crippen molar-refractivity contribution in [1.82, 2.24) is 4.90 Å².